The van der Waals surface area contributed by atoms with Crippen molar-refractivity contribution in [3.05, 3.63) is 76.0 Å². The lowest BCUT2D eigenvalue weighted by molar-refractivity contribution is -0.137. The number of carboxylic acid groups (broad SMARTS) is 1. The van der Waals surface area contributed by atoms with Gasteiger partial charge in [0.25, 0.3) is 11.8 Å². The molecule has 7 nitrogen and oxygen atoms in total. The summed E-state index contributed by atoms with van der Waals surface area (Å²) in [6.07, 6.45) is -2.91. The third-order valence-corrected chi connectivity index (χ3v) is 7.06. The number of carbonyl (C=O) groups excluding carboxylic acids is 1. The number of aromatic carboxylic acids is 1. The van der Waals surface area contributed by atoms with Gasteiger partial charge in [-0.25, -0.2) is 9.48 Å². The molecule has 1 unspecified atom stereocenters. The molecule has 0 bridgehead atoms. The van der Waals surface area contributed by atoms with Gasteiger partial charge in [-0.15, -0.1) is 11.8 Å². The largest absolute Gasteiger partial charge is 0.478 e. The van der Waals surface area contributed by atoms with Gasteiger partial charge in [0.1, 0.15) is 17.1 Å². The Kier molecular flexibility index (Phi) is 7.66. The summed E-state index contributed by atoms with van der Waals surface area (Å²) in [6, 6.07) is 8.73. The third-order valence-electron chi connectivity index (χ3n) is 6.36. The maximum absolute atomic E-state index is 14.6. The second-order valence-electron chi connectivity index (χ2n) is 9.27. The van der Waals surface area contributed by atoms with Crippen molar-refractivity contribution >= 4 is 29.5 Å². The molecule has 13 heteroatoms. The van der Waals surface area contributed by atoms with Crippen molar-refractivity contribution in [1.29, 1.82) is 0 Å². The molecule has 0 spiro atoms. The maximum Gasteiger partial charge on any atom is 0.416 e. The number of fused-ring (bicyclic) bond motifs is 1. The van der Waals surface area contributed by atoms with Crippen LogP contribution in [0.3, 0.4) is 0 Å². The first kappa shape index (κ1) is 28.4. The second kappa shape index (κ2) is 10.5. The highest BCUT2D eigenvalue weighted by atomic mass is 32.2. The highest BCUT2D eigenvalue weighted by Gasteiger charge is 2.41. The van der Waals surface area contributed by atoms with Gasteiger partial charge in [0, 0.05) is 24.9 Å². The van der Waals surface area contributed by atoms with Gasteiger partial charge in [-0.1, -0.05) is 12.1 Å². The molecule has 0 fully saturated rings. The molecule has 0 saturated heterocycles. The first-order chi connectivity index (χ1) is 18.2. The average molecular weight is 569 g/mol. The van der Waals surface area contributed by atoms with Crippen LogP contribution in [0.15, 0.2) is 47.4 Å². The van der Waals surface area contributed by atoms with Gasteiger partial charge in [-0.05, 0) is 54.6 Å². The molecule has 0 saturated carbocycles. The zero-order valence-corrected chi connectivity index (χ0v) is 22.0. The molecular weight excluding hydrogens is 543 g/mol. The predicted octanol–water partition coefficient (Wildman–Crippen LogP) is 5.94. The minimum Gasteiger partial charge on any atom is -0.478 e. The Hall–Kier alpha value is -3.61. The zero-order valence-electron chi connectivity index (χ0n) is 21.1. The summed E-state index contributed by atoms with van der Waals surface area (Å²) in [7, 11) is 0. The van der Waals surface area contributed by atoms with E-state index in [1.807, 2.05) is 0 Å². The number of thioether (sulfide) groups is 1. The van der Waals surface area contributed by atoms with Gasteiger partial charge >= 0.3 is 12.1 Å². The molecule has 2 aromatic carbocycles. The smallest absolute Gasteiger partial charge is 0.416 e. The van der Waals surface area contributed by atoms with Crippen LogP contribution in [-0.4, -0.2) is 39.6 Å². The lowest BCUT2D eigenvalue weighted by atomic mass is 10.0. The van der Waals surface area contributed by atoms with Gasteiger partial charge in [-0.2, -0.15) is 27.1 Å². The fourth-order valence-corrected chi connectivity index (χ4v) is 4.96. The number of alkyl halides is 5. The Morgan fingerprint density at radius 2 is 1.77 bits per heavy atom. The first-order valence-corrected chi connectivity index (χ1v) is 13.0. The predicted molar refractivity (Wildman–Crippen MR) is 135 cm³/mol. The highest BCUT2D eigenvalue weighted by Crippen LogP contribution is 2.39. The normalized spacial score (nSPS) is 14.3. The average Bonchev–Trinajstić information content (AvgIpc) is 3.43. The summed E-state index contributed by atoms with van der Waals surface area (Å²) in [6.45, 7) is 2.62. The van der Waals surface area contributed by atoms with Gasteiger partial charge < -0.3 is 15.3 Å². The highest BCUT2D eigenvalue weighted by molar-refractivity contribution is 7.98. The van der Waals surface area contributed by atoms with Crippen molar-refractivity contribution in [2.75, 3.05) is 17.7 Å². The summed E-state index contributed by atoms with van der Waals surface area (Å²) < 4.78 is 70.8. The maximum atomic E-state index is 14.6. The van der Waals surface area contributed by atoms with Crippen molar-refractivity contribution in [3.63, 3.8) is 0 Å². The van der Waals surface area contributed by atoms with E-state index in [1.165, 1.54) is 28.9 Å². The van der Waals surface area contributed by atoms with Gasteiger partial charge in [0.05, 0.1) is 23.7 Å². The van der Waals surface area contributed by atoms with Crippen LogP contribution in [0.25, 0.3) is 0 Å². The Labute approximate surface area is 225 Å². The number of anilines is 1. The topological polar surface area (TPSA) is 87.5 Å². The summed E-state index contributed by atoms with van der Waals surface area (Å²) in [4.78, 5) is 26.5. The molecule has 0 aliphatic carbocycles. The van der Waals surface area contributed by atoms with E-state index in [2.05, 4.69) is 10.4 Å². The van der Waals surface area contributed by atoms with Crippen molar-refractivity contribution in [1.82, 2.24) is 15.1 Å². The quantitative estimate of drug-likeness (QED) is 0.258. The Balaban J connectivity index is 1.68. The monoisotopic (exact) mass is 568 g/mol. The molecule has 1 aliphatic heterocycles. The number of halogens is 5. The van der Waals surface area contributed by atoms with Crippen molar-refractivity contribution in [3.8, 4) is 0 Å². The third kappa shape index (κ3) is 6.02. The van der Waals surface area contributed by atoms with Gasteiger partial charge in [0.15, 0.2) is 0 Å². The summed E-state index contributed by atoms with van der Waals surface area (Å²) in [5, 5.41) is 15.7. The number of carbonyl (C=O) groups is 2. The molecule has 0 radical (unpaired) electrons. The van der Waals surface area contributed by atoms with Crippen molar-refractivity contribution < 1.29 is 36.6 Å². The van der Waals surface area contributed by atoms with Crippen LogP contribution in [0.5, 0.6) is 0 Å². The number of rotatable bonds is 8. The lowest BCUT2D eigenvalue weighted by Crippen LogP contribution is -2.31. The molecule has 1 amide bonds. The van der Waals surface area contributed by atoms with Crippen molar-refractivity contribution in [2.24, 2.45) is 0 Å². The van der Waals surface area contributed by atoms with Crippen LogP contribution in [0.4, 0.5) is 27.8 Å². The Bertz CT molecular complexity index is 1400. The summed E-state index contributed by atoms with van der Waals surface area (Å²) in [5.41, 5.74) is -1.000. The number of aromatic nitrogens is 2. The van der Waals surface area contributed by atoms with E-state index in [0.29, 0.717) is 22.9 Å². The minimum absolute atomic E-state index is 0.0505. The van der Waals surface area contributed by atoms with E-state index in [-0.39, 0.29) is 36.6 Å². The van der Waals surface area contributed by atoms with Crippen LogP contribution in [0.1, 0.15) is 63.0 Å². The molecular formula is C26H25F5N4O3S. The molecule has 2 N–H and O–H groups in total. The van der Waals surface area contributed by atoms with Crippen LogP contribution >= 0.6 is 11.8 Å². The molecule has 4 rings (SSSR count). The Morgan fingerprint density at radius 1 is 1.10 bits per heavy atom. The van der Waals surface area contributed by atoms with Crippen LogP contribution in [0, 0.1) is 0 Å². The number of benzene rings is 2. The standard InChI is InChI=1S/C26H25F5N4O3S/c1-14(16-4-6-17(7-5-16)24(37)38)32-22(36)20-21(25(2,27)28)33-35-9-8-34(23(20)35)13-15-10-18(26(29,30)31)12-19(11-15)39-3/h4-7,10-12,14H,8-9,13H2,1-3H3,(H,32,36)(H,37,38). The fraction of sp³-hybridized carbons (Fsp3) is 0.346. The number of amides is 1. The molecule has 208 valence electrons. The zero-order chi connectivity index (χ0) is 28.7. The molecule has 1 aromatic heterocycles. The molecule has 1 atom stereocenters. The number of nitrogens with zero attached hydrogens (tertiary/aromatic N) is 3. The van der Waals surface area contributed by atoms with Crippen LogP contribution < -0.4 is 10.2 Å². The number of carboxylic acids is 1. The van der Waals surface area contributed by atoms with Crippen LogP contribution in [-0.2, 0) is 25.2 Å². The molecule has 1 aliphatic rings. The van der Waals surface area contributed by atoms with Crippen molar-refractivity contribution in [2.45, 2.75) is 50.0 Å². The van der Waals surface area contributed by atoms with E-state index >= 15 is 0 Å². The number of hydrogen-bond acceptors (Lipinski definition) is 5. The number of hydrogen-bond donors (Lipinski definition) is 2. The lowest BCUT2D eigenvalue weighted by Gasteiger charge is -2.22. The second-order valence-corrected chi connectivity index (χ2v) is 10.1. The van der Waals surface area contributed by atoms with E-state index in [1.54, 1.807) is 24.1 Å². The molecule has 39 heavy (non-hydrogen) atoms. The summed E-state index contributed by atoms with van der Waals surface area (Å²) in [5.74, 6) is -5.32. The van der Waals surface area contributed by atoms with E-state index in [9.17, 15) is 31.5 Å². The minimum atomic E-state index is -4.56. The van der Waals surface area contributed by atoms with E-state index in [0.717, 1.165) is 23.9 Å². The molecule has 2 heterocycles. The molecule has 3 aromatic rings. The van der Waals surface area contributed by atoms with E-state index in [4.69, 9.17) is 5.11 Å². The number of nitrogens with one attached hydrogen (secondary N) is 1. The fourth-order valence-electron chi connectivity index (χ4n) is 4.44. The Morgan fingerprint density at radius 3 is 2.33 bits per heavy atom. The van der Waals surface area contributed by atoms with Crippen LogP contribution in [0.2, 0.25) is 0 Å². The first-order valence-electron chi connectivity index (χ1n) is 11.8. The van der Waals surface area contributed by atoms with E-state index < -0.39 is 41.3 Å². The van der Waals surface area contributed by atoms with Gasteiger partial charge in [0.2, 0.25) is 0 Å². The van der Waals surface area contributed by atoms with Gasteiger partial charge in [-0.3, -0.25) is 4.79 Å². The summed E-state index contributed by atoms with van der Waals surface area (Å²) >= 11 is 1.15. The SMILES string of the molecule is CSc1cc(CN2CCn3nc(C(C)(F)F)c(C(=O)NC(C)c4ccc(C(=O)O)cc4)c32)cc(C(F)(F)F)c1.